The topological polar surface area (TPSA) is 132 Å². The van der Waals surface area contributed by atoms with Gasteiger partial charge in [-0.3, -0.25) is 24.2 Å². The summed E-state index contributed by atoms with van der Waals surface area (Å²) in [7, 11) is 0. The van der Waals surface area contributed by atoms with E-state index in [-0.39, 0.29) is 47.3 Å². The quantitative estimate of drug-likeness (QED) is 0.371. The maximum atomic E-state index is 13.1. The second kappa shape index (κ2) is 11.6. The molecule has 14 heteroatoms. The molecule has 3 rings (SSSR count). The van der Waals surface area contributed by atoms with Gasteiger partial charge in [-0.05, 0) is 12.1 Å². The van der Waals surface area contributed by atoms with Crippen LogP contribution in [0.1, 0.15) is 73.1 Å². The summed E-state index contributed by atoms with van der Waals surface area (Å²) < 4.78 is 39.2. The summed E-state index contributed by atoms with van der Waals surface area (Å²) in [4.78, 5) is 64.4. The third-order valence-electron chi connectivity index (χ3n) is 5.01. The number of nitrogens with one attached hydrogen (secondary N) is 1. The number of aromatic nitrogens is 4. The molecule has 0 bridgehead atoms. The first-order chi connectivity index (χ1) is 17.3. The molecule has 0 unspecified atom stereocenters. The molecule has 0 spiro atoms. The van der Waals surface area contributed by atoms with E-state index in [4.69, 9.17) is 11.6 Å². The Morgan fingerprint density at radius 1 is 1.00 bits per heavy atom. The van der Waals surface area contributed by atoms with Crippen LogP contribution >= 0.6 is 22.9 Å². The monoisotopic (exact) mass is 553 g/mol. The van der Waals surface area contributed by atoms with E-state index < -0.39 is 40.0 Å². The highest BCUT2D eigenvalue weighted by atomic mass is 35.5. The molecule has 0 fully saturated rings. The van der Waals surface area contributed by atoms with Crippen molar-refractivity contribution in [2.75, 3.05) is 6.54 Å². The Morgan fingerprint density at radius 3 is 2.32 bits per heavy atom. The molecule has 3 aromatic rings. The van der Waals surface area contributed by atoms with Crippen molar-refractivity contribution >= 4 is 46.2 Å². The number of halogens is 4. The molecule has 37 heavy (non-hydrogen) atoms. The fraction of sp³-hybridized carbons (Fsp3) is 0.304. The van der Waals surface area contributed by atoms with Crippen molar-refractivity contribution in [1.82, 2.24) is 25.3 Å². The van der Waals surface area contributed by atoms with E-state index in [1.165, 1.54) is 19.2 Å². The summed E-state index contributed by atoms with van der Waals surface area (Å²) in [6.07, 6.45) is -1.87. The summed E-state index contributed by atoms with van der Waals surface area (Å²) in [5.74, 6) is -2.16. The molecule has 3 aromatic heterocycles. The van der Waals surface area contributed by atoms with Crippen LogP contribution in [0.25, 0.3) is 0 Å². The van der Waals surface area contributed by atoms with Crippen LogP contribution in [0.2, 0.25) is 5.02 Å². The van der Waals surface area contributed by atoms with Gasteiger partial charge in [-0.2, -0.15) is 13.2 Å². The molecule has 9 nitrogen and oxygen atoms in total. The van der Waals surface area contributed by atoms with Gasteiger partial charge in [0.05, 0.1) is 33.4 Å². The van der Waals surface area contributed by atoms with Crippen molar-refractivity contribution in [3.05, 3.63) is 68.4 Å². The highest BCUT2D eigenvalue weighted by molar-refractivity contribution is 7.13. The molecule has 0 saturated heterocycles. The number of carbonyl (C=O) groups excluding carboxylic acids is 4. The summed E-state index contributed by atoms with van der Waals surface area (Å²) in [6.45, 7) is 2.71. The largest absolute Gasteiger partial charge is 0.417 e. The molecule has 1 N–H and O–H groups in total. The fourth-order valence-electron chi connectivity index (χ4n) is 3.12. The molecule has 0 aliphatic heterocycles. The molecule has 3 heterocycles. The predicted molar refractivity (Wildman–Crippen MR) is 127 cm³/mol. The van der Waals surface area contributed by atoms with Gasteiger partial charge in [-0.1, -0.05) is 18.5 Å². The lowest BCUT2D eigenvalue weighted by atomic mass is 10.0. The summed E-state index contributed by atoms with van der Waals surface area (Å²) >= 11 is 6.58. The Bertz CT molecular complexity index is 1360. The average Bonchev–Trinajstić information content (AvgIpc) is 3.34. The number of hydrogen-bond acceptors (Lipinski definition) is 9. The number of alkyl halides is 3. The van der Waals surface area contributed by atoms with Gasteiger partial charge in [-0.25, -0.2) is 15.0 Å². The van der Waals surface area contributed by atoms with E-state index in [9.17, 15) is 32.3 Å². The number of thiazole rings is 1. The number of hydrogen-bond donors (Lipinski definition) is 1. The minimum absolute atomic E-state index is 0.00941. The van der Waals surface area contributed by atoms with Crippen molar-refractivity contribution in [3.63, 3.8) is 0 Å². The summed E-state index contributed by atoms with van der Waals surface area (Å²) in [5.41, 5.74) is -1.18. The zero-order valence-electron chi connectivity index (χ0n) is 19.4. The summed E-state index contributed by atoms with van der Waals surface area (Å²) in [5, 5.41) is 2.26. The lowest BCUT2D eigenvalue weighted by Gasteiger charge is -2.09. The Hall–Kier alpha value is -3.58. The van der Waals surface area contributed by atoms with Crippen LogP contribution in [0.3, 0.4) is 0 Å². The third kappa shape index (κ3) is 7.46. The van der Waals surface area contributed by atoms with Gasteiger partial charge >= 0.3 is 6.18 Å². The smallest absolute Gasteiger partial charge is 0.349 e. The van der Waals surface area contributed by atoms with E-state index in [0.717, 1.165) is 29.9 Å². The minimum atomic E-state index is -4.68. The van der Waals surface area contributed by atoms with Crippen LogP contribution in [-0.2, 0) is 17.4 Å². The standard InChI is InChI=1S/C23H19ClF3N5O4S/c1-11(3-18(34)16-6-17(32-10-31-16)20(36)8-28-12(2)33)22-30-9-21(37-22)19(35)5-13-4-14(23(25,26)27)15(24)7-29-13/h4,6-7,9-11H,3,5,8H2,1-2H3,(H,28,33)/t11-/m0/s1. The second-order valence-corrected chi connectivity index (χ2v) is 9.44. The number of amides is 1. The molecule has 194 valence electrons. The van der Waals surface area contributed by atoms with Crippen molar-refractivity contribution in [1.29, 1.82) is 0 Å². The average molecular weight is 554 g/mol. The van der Waals surface area contributed by atoms with E-state index in [0.29, 0.717) is 5.01 Å². The first-order valence-electron chi connectivity index (χ1n) is 10.7. The number of Topliss-reactive ketones (excluding diaryl/α,β-unsaturated/α-hetero) is 3. The van der Waals surface area contributed by atoms with E-state index in [1.54, 1.807) is 6.92 Å². The predicted octanol–water partition coefficient (Wildman–Crippen LogP) is 4.12. The van der Waals surface area contributed by atoms with Gasteiger partial charge in [0.2, 0.25) is 5.91 Å². The lowest BCUT2D eigenvalue weighted by molar-refractivity contribution is -0.137. The molecular formula is C23H19ClF3N5O4S. The molecule has 0 aromatic carbocycles. The van der Waals surface area contributed by atoms with Crippen molar-refractivity contribution < 1.29 is 32.3 Å². The SMILES string of the molecule is CC(=O)NCC(=O)c1cc(C(=O)C[C@H](C)c2ncc(C(=O)Cc3cc(C(F)(F)F)c(Cl)cn3)s2)ncn1. The lowest BCUT2D eigenvalue weighted by Crippen LogP contribution is -2.27. The van der Waals surface area contributed by atoms with E-state index in [1.807, 2.05) is 0 Å². The first kappa shape index (κ1) is 28.0. The van der Waals surface area contributed by atoms with Crippen molar-refractivity contribution in [3.8, 4) is 0 Å². The Kier molecular flexibility index (Phi) is 8.81. The van der Waals surface area contributed by atoms with Crippen molar-refractivity contribution in [2.24, 2.45) is 0 Å². The zero-order chi connectivity index (χ0) is 27.3. The summed E-state index contributed by atoms with van der Waals surface area (Å²) in [6, 6.07) is 1.98. The van der Waals surface area contributed by atoms with Crippen LogP contribution < -0.4 is 5.32 Å². The molecule has 0 radical (unpaired) electrons. The van der Waals surface area contributed by atoms with Gasteiger partial charge in [0.1, 0.15) is 17.7 Å². The highest BCUT2D eigenvalue weighted by Gasteiger charge is 2.34. The van der Waals surface area contributed by atoms with Gasteiger partial charge in [-0.15, -0.1) is 11.3 Å². The molecule has 0 aliphatic carbocycles. The van der Waals surface area contributed by atoms with Gasteiger partial charge in [0, 0.05) is 37.4 Å². The molecule has 1 atom stereocenters. The van der Waals surface area contributed by atoms with Crippen LogP contribution in [0.5, 0.6) is 0 Å². The fourth-order valence-corrected chi connectivity index (χ4v) is 4.24. The molecular weight excluding hydrogens is 535 g/mol. The first-order valence-corrected chi connectivity index (χ1v) is 11.9. The number of nitrogens with zero attached hydrogens (tertiary/aromatic N) is 4. The second-order valence-electron chi connectivity index (χ2n) is 7.97. The number of ketones is 3. The van der Waals surface area contributed by atoms with Gasteiger partial charge in [0.25, 0.3) is 0 Å². The number of pyridine rings is 1. The highest BCUT2D eigenvalue weighted by Crippen LogP contribution is 2.35. The minimum Gasteiger partial charge on any atom is -0.349 e. The van der Waals surface area contributed by atoms with E-state index >= 15 is 0 Å². The Morgan fingerprint density at radius 2 is 1.68 bits per heavy atom. The van der Waals surface area contributed by atoms with Crippen LogP contribution in [-0.4, -0.2) is 49.7 Å². The van der Waals surface area contributed by atoms with Crippen LogP contribution in [0, 0.1) is 0 Å². The van der Waals surface area contributed by atoms with Crippen molar-refractivity contribution in [2.45, 2.75) is 38.8 Å². The van der Waals surface area contributed by atoms with Gasteiger partial charge < -0.3 is 5.32 Å². The molecule has 0 aliphatic rings. The van der Waals surface area contributed by atoms with Crippen LogP contribution in [0.15, 0.2) is 30.9 Å². The van der Waals surface area contributed by atoms with Gasteiger partial charge in [0.15, 0.2) is 17.3 Å². The maximum Gasteiger partial charge on any atom is 0.417 e. The number of carbonyl (C=O) groups is 4. The van der Waals surface area contributed by atoms with E-state index in [2.05, 4.69) is 25.3 Å². The Balaban J connectivity index is 1.65. The third-order valence-corrected chi connectivity index (χ3v) is 6.58. The maximum absolute atomic E-state index is 13.1. The molecule has 1 amide bonds. The molecule has 0 saturated carbocycles. The van der Waals surface area contributed by atoms with Crippen LogP contribution in [0.4, 0.5) is 13.2 Å². The Labute approximate surface area is 217 Å². The normalized spacial score (nSPS) is 12.2. The number of rotatable bonds is 10. The zero-order valence-corrected chi connectivity index (χ0v) is 21.0.